The Bertz CT molecular complexity index is 1190. The number of aromatic nitrogens is 2. The molecule has 0 amide bonds. The molecule has 1 aromatic carbocycles. The first-order chi connectivity index (χ1) is 13.7. The molecule has 7 heteroatoms. The van der Waals surface area contributed by atoms with Crippen molar-refractivity contribution in [2.75, 3.05) is 7.05 Å². The second kappa shape index (κ2) is 8.07. The molecule has 3 aromatic heterocycles. The van der Waals surface area contributed by atoms with E-state index in [0.29, 0.717) is 17.8 Å². The third kappa shape index (κ3) is 3.62. The number of rotatable bonds is 6. The van der Waals surface area contributed by atoms with Gasteiger partial charge in [-0.25, -0.2) is 4.98 Å². The average molecular weight is 408 g/mol. The zero-order valence-corrected chi connectivity index (χ0v) is 17.0. The Labute approximate surface area is 170 Å². The fraction of sp³-hybridized carbons (Fsp3) is 0.190. The van der Waals surface area contributed by atoms with Crippen LogP contribution in [0.25, 0.3) is 21.3 Å². The second-order valence-corrected chi connectivity index (χ2v) is 8.55. The SMILES string of the molecule is C[NH+](Cc1cccs1)Cc1nc2scc(-c3ccccc3)c2c(=O)n1CC#N. The van der Waals surface area contributed by atoms with Crippen LogP contribution in [0.2, 0.25) is 0 Å². The van der Waals surface area contributed by atoms with E-state index >= 15 is 0 Å². The van der Waals surface area contributed by atoms with Crippen LogP contribution in [0, 0.1) is 11.3 Å². The van der Waals surface area contributed by atoms with Crippen LogP contribution in [-0.2, 0) is 19.6 Å². The Morgan fingerprint density at radius 1 is 1.14 bits per heavy atom. The maximum absolute atomic E-state index is 13.3. The van der Waals surface area contributed by atoms with Crippen LogP contribution < -0.4 is 10.5 Å². The van der Waals surface area contributed by atoms with Gasteiger partial charge in [-0.05, 0) is 17.0 Å². The van der Waals surface area contributed by atoms with Gasteiger partial charge in [-0.1, -0.05) is 36.4 Å². The highest BCUT2D eigenvalue weighted by Gasteiger charge is 2.19. The lowest BCUT2D eigenvalue weighted by Crippen LogP contribution is -3.06. The van der Waals surface area contributed by atoms with Crippen LogP contribution in [0.3, 0.4) is 0 Å². The molecule has 28 heavy (non-hydrogen) atoms. The number of fused-ring (bicyclic) bond motifs is 1. The summed E-state index contributed by atoms with van der Waals surface area (Å²) in [4.78, 5) is 21.3. The molecule has 0 bridgehead atoms. The molecule has 4 rings (SSSR count). The van der Waals surface area contributed by atoms with Gasteiger partial charge in [-0.2, -0.15) is 5.26 Å². The standard InChI is InChI=1S/C21H18N4OS2/c1-24(12-16-8-5-11-27-16)13-18-23-20-19(21(26)25(18)10-9-22)17(14-28-20)15-6-3-2-4-7-15/h2-8,11,14H,10,12-13H2,1H3/p+1. The molecule has 0 radical (unpaired) electrons. The zero-order valence-electron chi connectivity index (χ0n) is 15.4. The van der Waals surface area contributed by atoms with Gasteiger partial charge >= 0.3 is 0 Å². The summed E-state index contributed by atoms with van der Waals surface area (Å²) in [5.41, 5.74) is 1.74. The maximum Gasteiger partial charge on any atom is 0.264 e. The number of thiophene rings is 2. The lowest BCUT2D eigenvalue weighted by atomic mass is 10.1. The van der Waals surface area contributed by atoms with Gasteiger partial charge in [0.1, 0.15) is 24.5 Å². The number of hydrogen-bond acceptors (Lipinski definition) is 5. The molecular weight excluding hydrogens is 388 g/mol. The summed E-state index contributed by atoms with van der Waals surface area (Å²) < 4.78 is 1.53. The number of quaternary nitrogens is 1. The first-order valence-corrected chi connectivity index (χ1v) is 10.7. The van der Waals surface area contributed by atoms with Gasteiger partial charge in [0.2, 0.25) is 0 Å². The third-order valence-corrected chi connectivity index (χ3v) is 6.35. The smallest absolute Gasteiger partial charge is 0.264 e. The van der Waals surface area contributed by atoms with Crippen molar-refractivity contribution in [1.82, 2.24) is 9.55 Å². The minimum atomic E-state index is -0.134. The lowest BCUT2D eigenvalue weighted by Gasteiger charge is -2.15. The van der Waals surface area contributed by atoms with Gasteiger partial charge in [0, 0.05) is 10.9 Å². The van der Waals surface area contributed by atoms with E-state index in [9.17, 15) is 10.1 Å². The van der Waals surface area contributed by atoms with Crippen LogP contribution in [0.1, 0.15) is 10.7 Å². The number of hydrogen-bond donors (Lipinski definition) is 1. The van der Waals surface area contributed by atoms with Crippen molar-refractivity contribution >= 4 is 32.9 Å². The van der Waals surface area contributed by atoms with Crippen LogP contribution in [-0.4, -0.2) is 16.6 Å². The molecule has 1 N–H and O–H groups in total. The second-order valence-electron chi connectivity index (χ2n) is 6.66. The van der Waals surface area contributed by atoms with Crippen LogP contribution in [0.5, 0.6) is 0 Å². The van der Waals surface area contributed by atoms with E-state index in [2.05, 4.69) is 24.6 Å². The highest BCUT2D eigenvalue weighted by atomic mass is 32.1. The summed E-state index contributed by atoms with van der Waals surface area (Å²) >= 11 is 3.20. The van der Waals surface area contributed by atoms with Gasteiger partial charge in [0.05, 0.1) is 23.4 Å². The van der Waals surface area contributed by atoms with Gasteiger partial charge in [0.15, 0.2) is 5.82 Å². The molecule has 4 aromatic rings. The van der Waals surface area contributed by atoms with Gasteiger partial charge in [-0.15, -0.1) is 22.7 Å². The molecule has 0 fully saturated rings. The van der Waals surface area contributed by atoms with Crippen molar-refractivity contribution in [3.8, 4) is 17.2 Å². The van der Waals surface area contributed by atoms with Crippen molar-refractivity contribution in [3.05, 3.63) is 74.3 Å². The summed E-state index contributed by atoms with van der Waals surface area (Å²) in [6, 6.07) is 16.1. The number of benzene rings is 1. The Kier molecular flexibility index (Phi) is 5.35. The lowest BCUT2D eigenvalue weighted by molar-refractivity contribution is -0.908. The van der Waals surface area contributed by atoms with Crippen molar-refractivity contribution in [3.63, 3.8) is 0 Å². The fourth-order valence-electron chi connectivity index (χ4n) is 3.31. The predicted octanol–water partition coefficient (Wildman–Crippen LogP) is 2.92. The molecule has 1 atom stereocenters. The van der Waals surface area contributed by atoms with Crippen molar-refractivity contribution in [1.29, 1.82) is 5.26 Å². The molecule has 0 saturated carbocycles. The minimum absolute atomic E-state index is 0.00741. The molecule has 0 aliphatic heterocycles. The molecular formula is C21H19N4OS2+. The van der Waals surface area contributed by atoms with E-state index < -0.39 is 0 Å². The summed E-state index contributed by atoms with van der Waals surface area (Å²) in [5, 5.41) is 13.9. The van der Waals surface area contributed by atoms with E-state index in [1.54, 1.807) is 11.3 Å². The first-order valence-electron chi connectivity index (χ1n) is 8.94. The van der Waals surface area contributed by atoms with Gasteiger partial charge < -0.3 is 4.90 Å². The molecule has 0 aliphatic rings. The summed E-state index contributed by atoms with van der Waals surface area (Å²) in [6.07, 6.45) is 0. The Hall–Kier alpha value is -2.79. The molecule has 0 spiro atoms. The normalized spacial score (nSPS) is 12.1. The van der Waals surface area contributed by atoms with E-state index in [0.717, 1.165) is 22.5 Å². The van der Waals surface area contributed by atoms with Crippen LogP contribution in [0.15, 0.2) is 58.0 Å². The number of nitrogens with zero attached hydrogens (tertiary/aromatic N) is 3. The minimum Gasteiger partial charge on any atom is -0.327 e. The summed E-state index contributed by atoms with van der Waals surface area (Å²) in [5.74, 6) is 0.662. The van der Waals surface area contributed by atoms with Crippen LogP contribution >= 0.6 is 22.7 Å². The number of nitriles is 1. The molecule has 1 unspecified atom stereocenters. The van der Waals surface area contributed by atoms with Crippen molar-refractivity contribution < 1.29 is 4.90 Å². The molecule has 140 valence electrons. The maximum atomic E-state index is 13.3. The topological polar surface area (TPSA) is 63.1 Å². The van der Waals surface area contributed by atoms with E-state index in [1.165, 1.54) is 25.7 Å². The quantitative estimate of drug-likeness (QED) is 0.535. The van der Waals surface area contributed by atoms with E-state index in [-0.39, 0.29) is 12.1 Å². The fourth-order valence-corrected chi connectivity index (χ4v) is 5.08. The molecule has 0 saturated heterocycles. The predicted molar refractivity (Wildman–Crippen MR) is 114 cm³/mol. The zero-order chi connectivity index (χ0) is 19.5. The first kappa shape index (κ1) is 18.6. The molecule has 3 heterocycles. The monoisotopic (exact) mass is 407 g/mol. The Morgan fingerprint density at radius 2 is 1.96 bits per heavy atom. The van der Waals surface area contributed by atoms with E-state index in [1.807, 2.05) is 41.8 Å². The summed E-state index contributed by atoms with van der Waals surface area (Å²) in [7, 11) is 2.08. The average Bonchev–Trinajstić information content (AvgIpc) is 3.35. The Balaban J connectivity index is 1.76. The number of nitrogens with one attached hydrogen (secondary N) is 1. The Morgan fingerprint density at radius 3 is 2.68 bits per heavy atom. The van der Waals surface area contributed by atoms with Crippen molar-refractivity contribution in [2.45, 2.75) is 19.6 Å². The highest BCUT2D eigenvalue weighted by Crippen LogP contribution is 2.30. The molecule has 0 aliphatic carbocycles. The largest absolute Gasteiger partial charge is 0.327 e. The van der Waals surface area contributed by atoms with Crippen molar-refractivity contribution in [2.24, 2.45) is 0 Å². The highest BCUT2D eigenvalue weighted by molar-refractivity contribution is 7.17. The van der Waals surface area contributed by atoms with Crippen LogP contribution in [0.4, 0.5) is 0 Å². The van der Waals surface area contributed by atoms with E-state index in [4.69, 9.17) is 4.98 Å². The van der Waals surface area contributed by atoms with Gasteiger partial charge in [-0.3, -0.25) is 9.36 Å². The third-order valence-electron chi connectivity index (χ3n) is 4.60. The summed E-state index contributed by atoms with van der Waals surface area (Å²) in [6.45, 7) is 1.45. The van der Waals surface area contributed by atoms with Gasteiger partial charge in [0.25, 0.3) is 5.56 Å². The molecule has 5 nitrogen and oxygen atoms in total.